The van der Waals surface area contributed by atoms with E-state index in [-0.39, 0.29) is 12.1 Å². The SMILES string of the molecule is CC1(C)CCN(CCCC(C)(CO)NC2CC2)CC1. The Balaban J connectivity index is 1.65. The van der Waals surface area contributed by atoms with Gasteiger partial charge in [0, 0.05) is 11.6 Å². The van der Waals surface area contributed by atoms with Gasteiger partial charge in [-0.15, -0.1) is 0 Å². The van der Waals surface area contributed by atoms with Crippen LogP contribution in [-0.4, -0.2) is 47.8 Å². The van der Waals surface area contributed by atoms with Crippen molar-refractivity contribution in [3.63, 3.8) is 0 Å². The Bertz CT molecular complexity index is 278. The zero-order chi connectivity index (χ0) is 13.9. The maximum Gasteiger partial charge on any atom is 0.0610 e. The molecule has 19 heavy (non-hydrogen) atoms. The van der Waals surface area contributed by atoms with Crippen molar-refractivity contribution >= 4 is 0 Å². The normalized spacial score (nSPS) is 27.2. The lowest BCUT2D eigenvalue weighted by atomic mass is 9.82. The monoisotopic (exact) mass is 268 g/mol. The number of nitrogens with zero attached hydrogens (tertiary/aromatic N) is 1. The molecule has 1 saturated carbocycles. The Morgan fingerprint density at radius 1 is 1.26 bits per heavy atom. The molecule has 0 amide bonds. The Morgan fingerprint density at radius 2 is 1.89 bits per heavy atom. The number of hydrogen-bond donors (Lipinski definition) is 2. The van der Waals surface area contributed by atoms with Crippen LogP contribution in [0.5, 0.6) is 0 Å². The van der Waals surface area contributed by atoms with Crippen LogP contribution in [0, 0.1) is 5.41 Å². The van der Waals surface area contributed by atoms with Crippen molar-refractivity contribution in [1.82, 2.24) is 10.2 Å². The van der Waals surface area contributed by atoms with Crippen LogP contribution in [0.1, 0.15) is 59.3 Å². The minimum atomic E-state index is -0.0593. The number of aliphatic hydroxyl groups excluding tert-OH is 1. The number of rotatable bonds is 7. The summed E-state index contributed by atoms with van der Waals surface area (Å²) >= 11 is 0. The highest BCUT2D eigenvalue weighted by atomic mass is 16.3. The molecule has 0 radical (unpaired) electrons. The Hall–Kier alpha value is -0.120. The summed E-state index contributed by atoms with van der Waals surface area (Å²) in [7, 11) is 0. The van der Waals surface area contributed by atoms with Crippen LogP contribution in [0.4, 0.5) is 0 Å². The van der Waals surface area contributed by atoms with Gasteiger partial charge < -0.3 is 15.3 Å². The summed E-state index contributed by atoms with van der Waals surface area (Å²) in [5.74, 6) is 0. The highest BCUT2D eigenvalue weighted by Crippen LogP contribution is 2.30. The number of nitrogens with one attached hydrogen (secondary N) is 1. The molecule has 0 bridgehead atoms. The van der Waals surface area contributed by atoms with Gasteiger partial charge in [0.05, 0.1) is 6.61 Å². The van der Waals surface area contributed by atoms with Crippen LogP contribution >= 0.6 is 0 Å². The Kier molecular flexibility index (Phi) is 4.91. The minimum absolute atomic E-state index is 0.0593. The molecule has 3 heteroatoms. The van der Waals surface area contributed by atoms with Crippen molar-refractivity contribution in [1.29, 1.82) is 0 Å². The predicted octanol–water partition coefficient (Wildman–Crippen LogP) is 2.39. The summed E-state index contributed by atoms with van der Waals surface area (Å²) in [6.45, 7) is 10.9. The molecule has 0 spiro atoms. The third-order valence-electron chi connectivity index (χ3n) is 4.89. The molecule has 0 aromatic rings. The number of aliphatic hydroxyl groups is 1. The molecule has 3 nitrogen and oxygen atoms in total. The maximum atomic E-state index is 9.59. The third-order valence-corrected chi connectivity index (χ3v) is 4.89. The van der Waals surface area contributed by atoms with Crippen LogP contribution in [0.2, 0.25) is 0 Å². The maximum absolute atomic E-state index is 9.59. The van der Waals surface area contributed by atoms with E-state index in [1.54, 1.807) is 0 Å². The van der Waals surface area contributed by atoms with E-state index in [2.05, 4.69) is 31.0 Å². The first-order valence-electron chi connectivity index (χ1n) is 8.03. The smallest absolute Gasteiger partial charge is 0.0610 e. The molecule has 112 valence electrons. The van der Waals surface area contributed by atoms with Gasteiger partial charge in [-0.25, -0.2) is 0 Å². The fourth-order valence-electron chi connectivity index (χ4n) is 2.99. The summed E-state index contributed by atoms with van der Waals surface area (Å²) in [4.78, 5) is 2.60. The first-order valence-corrected chi connectivity index (χ1v) is 8.03. The number of likely N-dealkylation sites (tertiary alicyclic amines) is 1. The Labute approximate surface area is 118 Å². The van der Waals surface area contributed by atoms with Crippen molar-refractivity contribution in [3.05, 3.63) is 0 Å². The molecule has 1 aliphatic heterocycles. The number of hydrogen-bond acceptors (Lipinski definition) is 3. The van der Waals surface area contributed by atoms with Crippen molar-refractivity contribution < 1.29 is 5.11 Å². The van der Waals surface area contributed by atoms with E-state index in [9.17, 15) is 5.11 Å². The van der Waals surface area contributed by atoms with Crippen LogP contribution in [0.25, 0.3) is 0 Å². The van der Waals surface area contributed by atoms with E-state index in [0.717, 1.165) is 6.42 Å². The van der Waals surface area contributed by atoms with Gasteiger partial charge in [-0.05, 0) is 70.5 Å². The highest BCUT2D eigenvalue weighted by Gasteiger charge is 2.32. The second kappa shape index (κ2) is 6.11. The lowest BCUT2D eigenvalue weighted by Crippen LogP contribution is -2.47. The third kappa shape index (κ3) is 5.05. The van der Waals surface area contributed by atoms with Crippen molar-refractivity contribution in [2.24, 2.45) is 5.41 Å². The molecule has 1 atom stereocenters. The van der Waals surface area contributed by atoms with E-state index in [1.807, 2.05) is 0 Å². The van der Waals surface area contributed by atoms with E-state index in [0.29, 0.717) is 11.5 Å². The van der Waals surface area contributed by atoms with Gasteiger partial charge >= 0.3 is 0 Å². The quantitative estimate of drug-likeness (QED) is 0.744. The molecule has 2 aliphatic rings. The van der Waals surface area contributed by atoms with Crippen molar-refractivity contribution in [2.75, 3.05) is 26.2 Å². The largest absolute Gasteiger partial charge is 0.394 e. The molecule has 2 fully saturated rings. The zero-order valence-corrected chi connectivity index (χ0v) is 13.0. The molecular formula is C16H32N2O. The summed E-state index contributed by atoms with van der Waals surface area (Å²) in [6, 6.07) is 0.674. The van der Waals surface area contributed by atoms with Gasteiger partial charge in [-0.1, -0.05) is 13.8 Å². The fourth-order valence-corrected chi connectivity index (χ4v) is 2.99. The standard InChI is InChI=1S/C16H32N2O/c1-15(2)8-11-18(12-9-15)10-4-7-16(3,13-19)17-14-5-6-14/h14,17,19H,4-13H2,1-3H3. The molecule has 2 rings (SSSR count). The predicted molar refractivity (Wildman–Crippen MR) is 80.3 cm³/mol. The van der Waals surface area contributed by atoms with Gasteiger partial charge in [-0.3, -0.25) is 0 Å². The molecule has 0 aromatic carbocycles. The molecular weight excluding hydrogens is 236 g/mol. The second-order valence-corrected chi connectivity index (χ2v) is 7.75. The summed E-state index contributed by atoms with van der Waals surface area (Å²) < 4.78 is 0. The van der Waals surface area contributed by atoms with Gasteiger partial charge in [-0.2, -0.15) is 0 Å². The average Bonchev–Trinajstić information content (AvgIpc) is 3.15. The first kappa shape index (κ1) is 15.3. The minimum Gasteiger partial charge on any atom is -0.394 e. The lowest BCUT2D eigenvalue weighted by molar-refractivity contribution is 0.119. The van der Waals surface area contributed by atoms with Crippen molar-refractivity contribution in [3.8, 4) is 0 Å². The average molecular weight is 268 g/mol. The summed E-state index contributed by atoms with van der Waals surface area (Å²) in [5.41, 5.74) is 0.486. The van der Waals surface area contributed by atoms with Crippen molar-refractivity contribution in [2.45, 2.75) is 70.9 Å². The Morgan fingerprint density at radius 3 is 2.42 bits per heavy atom. The van der Waals surface area contributed by atoms with Gasteiger partial charge in [0.1, 0.15) is 0 Å². The van der Waals surface area contributed by atoms with Gasteiger partial charge in [0.25, 0.3) is 0 Å². The zero-order valence-electron chi connectivity index (χ0n) is 13.0. The molecule has 1 heterocycles. The summed E-state index contributed by atoms with van der Waals surface area (Å²) in [5, 5.41) is 13.2. The topological polar surface area (TPSA) is 35.5 Å². The van der Waals surface area contributed by atoms with E-state index in [1.165, 1.54) is 51.7 Å². The molecule has 1 aliphatic carbocycles. The fraction of sp³-hybridized carbons (Fsp3) is 1.00. The van der Waals surface area contributed by atoms with Crippen LogP contribution < -0.4 is 5.32 Å². The van der Waals surface area contributed by atoms with E-state index < -0.39 is 0 Å². The van der Waals surface area contributed by atoms with E-state index >= 15 is 0 Å². The second-order valence-electron chi connectivity index (χ2n) is 7.75. The van der Waals surface area contributed by atoms with Crippen LogP contribution in [-0.2, 0) is 0 Å². The van der Waals surface area contributed by atoms with Crippen LogP contribution in [0.3, 0.4) is 0 Å². The lowest BCUT2D eigenvalue weighted by Gasteiger charge is -2.37. The van der Waals surface area contributed by atoms with Crippen LogP contribution in [0.15, 0.2) is 0 Å². The summed E-state index contributed by atoms with van der Waals surface area (Å²) in [6.07, 6.45) is 7.50. The van der Waals surface area contributed by atoms with E-state index in [4.69, 9.17) is 0 Å². The first-order chi connectivity index (χ1) is 8.92. The molecule has 1 unspecified atom stereocenters. The molecule has 1 saturated heterocycles. The highest BCUT2D eigenvalue weighted by molar-refractivity contribution is 4.92. The molecule has 2 N–H and O–H groups in total. The van der Waals surface area contributed by atoms with Gasteiger partial charge in [0.15, 0.2) is 0 Å². The van der Waals surface area contributed by atoms with Gasteiger partial charge in [0.2, 0.25) is 0 Å². The number of piperidine rings is 1. The molecule has 0 aromatic heterocycles.